The molecule has 0 fully saturated rings. The van der Waals surface area contributed by atoms with Crippen LogP contribution < -0.4 is 5.32 Å². The first kappa shape index (κ1) is 20.8. The van der Waals surface area contributed by atoms with Crippen LogP contribution in [0, 0.1) is 0 Å². The first-order valence-corrected chi connectivity index (χ1v) is 12.1. The summed E-state index contributed by atoms with van der Waals surface area (Å²) in [6.45, 7) is 0. The van der Waals surface area contributed by atoms with Gasteiger partial charge in [-0.2, -0.15) is 0 Å². The molecule has 6 heteroatoms. The zero-order chi connectivity index (χ0) is 21.1. The number of rotatable bonds is 7. The van der Waals surface area contributed by atoms with E-state index in [1.807, 2.05) is 13.1 Å². The molecule has 0 amide bonds. The highest BCUT2D eigenvalue weighted by Crippen LogP contribution is 2.35. The molecular formula is C24H29N3O2S. The summed E-state index contributed by atoms with van der Waals surface area (Å²) in [5.41, 5.74) is 5.15. The quantitative estimate of drug-likeness (QED) is 0.633. The number of hydrogen-bond donors (Lipinski definition) is 1. The zero-order valence-corrected chi connectivity index (χ0v) is 18.4. The number of nitrogens with one attached hydrogen (secondary N) is 1. The largest absolute Gasteiger partial charge is 0.339 e. The van der Waals surface area contributed by atoms with Gasteiger partial charge in [0.05, 0.1) is 12.1 Å². The van der Waals surface area contributed by atoms with Crippen molar-refractivity contribution in [2.24, 2.45) is 7.05 Å². The second-order valence-electron chi connectivity index (χ2n) is 8.21. The van der Waals surface area contributed by atoms with E-state index in [0.29, 0.717) is 18.4 Å². The van der Waals surface area contributed by atoms with Crippen LogP contribution in [0.3, 0.4) is 0 Å². The molecule has 0 bridgehead atoms. The average molecular weight is 424 g/mol. The Labute approximate surface area is 179 Å². The molecule has 158 valence electrons. The molecule has 4 rings (SSSR count). The summed E-state index contributed by atoms with van der Waals surface area (Å²) in [7, 11) is 0.436. The van der Waals surface area contributed by atoms with Gasteiger partial charge in [0.1, 0.15) is 0 Å². The predicted octanol–water partition coefficient (Wildman–Crippen LogP) is 3.30. The van der Waals surface area contributed by atoms with Crippen LogP contribution in [0.1, 0.15) is 34.6 Å². The molecule has 1 N–H and O–H groups in total. The van der Waals surface area contributed by atoms with E-state index in [2.05, 4.69) is 52.8 Å². The van der Waals surface area contributed by atoms with Gasteiger partial charge >= 0.3 is 0 Å². The summed E-state index contributed by atoms with van der Waals surface area (Å²) in [5, 5.41) is 3.66. The molecule has 3 aromatic rings. The molecule has 0 saturated heterocycles. The number of imidazole rings is 1. The molecule has 1 aliphatic carbocycles. The number of aromatic nitrogens is 2. The van der Waals surface area contributed by atoms with Gasteiger partial charge in [0.15, 0.2) is 14.9 Å². The summed E-state index contributed by atoms with van der Waals surface area (Å²) in [4.78, 5) is 4.02. The Morgan fingerprint density at radius 2 is 1.93 bits per heavy atom. The summed E-state index contributed by atoms with van der Waals surface area (Å²) in [6, 6.07) is 17.5. The summed E-state index contributed by atoms with van der Waals surface area (Å²) in [6.07, 6.45) is 6.74. The minimum atomic E-state index is -3.38. The number of hydrogen-bond acceptors (Lipinski definition) is 4. The van der Waals surface area contributed by atoms with Crippen LogP contribution >= 0.6 is 0 Å². The van der Waals surface area contributed by atoms with E-state index >= 15 is 0 Å². The van der Waals surface area contributed by atoms with Crippen molar-refractivity contribution in [3.05, 3.63) is 83.3 Å². The van der Waals surface area contributed by atoms with Gasteiger partial charge in [-0.25, -0.2) is 13.4 Å². The van der Waals surface area contributed by atoms with E-state index in [1.165, 1.54) is 23.0 Å². The molecular weight excluding hydrogens is 394 g/mol. The Balaban J connectivity index is 1.57. The topological polar surface area (TPSA) is 64.0 Å². The number of likely N-dealkylation sites (N-methyl/N-ethyl adjacent to an activating group) is 1. The third-order valence-corrected chi connectivity index (χ3v) is 7.74. The van der Waals surface area contributed by atoms with Crippen molar-refractivity contribution in [3.8, 4) is 0 Å². The standard InChI is InChI=1S/C24H29N3O2S/c1-25-23-11-10-20-9-8-19(12-13-30(28,29)24-16-27(2)17-26-24)14-21(20)22(23)15-18-6-4-3-5-7-18/h3-9,14,16-17,22-23,25H,10-13,15H2,1-2H3. The van der Waals surface area contributed by atoms with Crippen LogP contribution in [0.15, 0.2) is 66.1 Å². The van der Waals surface area contributed by atoms with Crippen LogP contribution in [-0.4, -0.2) is 36.8 Å². The maximum Gasteiger partial charge on any atom is 0.197 e. The second kappa shape index (κ2) is 8.74. The van der Waals surface area contributed by atoms with Crippen molar-refractivity contribution in [1.29, 1.82) is 0 Å². The van der Waals surface area contributed by atoms with Crippen molar-refractivity contribution in [2.75, 3.05) is 12.8 Å². The number of benzene rings is 2. The van der Waals surface area contributed by atoms with E-state index in [0.717, 1.165) is 24.8 Å². The number of nitrogens with zero attached hydrogens (tertiary/aromatic N) is 2. The lowest BCUT2D eigenvalue weighted by molar-refractivity contribution is 0.409. The van der Waals surface area contributed by atoms with Gasteiger partial charge in [0.2, 0.25) is 0 Å². The Bertz CT molecular complexity index is 1110. The van der Waals surface area contributed by atoms with Crippen molar-refractivity contribution < 1.29 is 8.42 Å². The summed E-state index contributed by atoms with van der Waals surface area (Å²) >= 11 is 0. The molecule has 2 atom stereocenters. The molecule has 2 unspecified atom stereocenters. The van der Waals surface area contributed by atoms with Crippen molar-refractivity contribution in [3.63, 3.8) is 0 Å². The lowest BCUT2D eigenvalue weighted by Crippen LogP contribution is -2.37. The molecule has 1 aromatic heterocycles. The maximum atomic E-state index is 12.6. The molecule has 1 aliphatic rings. The zero-order valence-electron chi connectivity index (χ0n) is 17.6. The van der Waals surface area contributed by atoms with Gasteiger partial charge in [-0.3, -0.25) is 0 Å². The lowest BCUT2D eigenvalue weighted by atomic mass is 9.75. The summed E-state index contributed by atoms with van der Waals surface area (Å²) in [5.74, 6) is 0.454. The van der Waals surface area contributed by atoms with Crippen molar-refractivity contribution in [1.82, 2.24) is 14.9 Å². The molecule has 0 aliphatic heterocycles. The highest BCUT2D eigenvalue weighted by molar-refractivity contribution is 7.91. The van der Waals surface area contributed by atoms with Crippen molar-refractivity contribution in [2.45, 2.75) is 42.7 Å². The number of fused-ring (bicyclic) bond motifs is 1. The third kappa shape index (κ3) is 4.50. The van der Waals surface area contributed by atoms with Crippen LogP contribution in [0.4, 0.5) is 0 Å². The molecule has 0 spiro atoms. The van der Waals surface area contributed by atoms with Gasteiger partial charge in [0.25, 0.3) is 0 Å². The average Bonchev–Trinajstić information content (AvgIpc) is 3.21. The molecule has 30 heavy (non-hydrogen) atoms. The van der Waals surface area contributed by atoms with Gasteiger partial charge in [-0.1, -0.05) is 48.5 Å². The monoisotopic (exact) mass is 423 g/mol. The van der Waals surface area contributed by atoms with Crippen molar-refractivity contribution >= 4 is 9.84 Å². The normalized spacial score (nSPS) is 18.9. The Morgan fingerprint density at radius 3 is 2.63 bits per heavy atom. The fourth-order valence-corrected chi connectivity index (χ4v) is 5.72. The highest BCUT2D eigenvalue weighted by Gasteiger charge is 2.29. The van der Waals surface area contributed by atoms with Crippen LogP contribution in [0.2, 0.25) is 0 Å². The Hall–Kier alpha value is -2.44. The first-order valence-electron chi connectivity index (χ1n) is 10.5. The van der Waals surface area contributed by atoms with E-state index in [9.17, 15) is 8.42 Å². The second-order valence-corrected chi connectivity index (χ2v) is 10.3. The molecule has 1 heterocycles. The highest BCUT2D eigenvalue weighted by atomic mass is 32.2. The van der Waals surface area contributed by atoms with Gasteiger partial charge in [-0.05, 0) is 55.0 Å². The van der Waals surface area contributed by atoms with Crippen LogP contribution in [0.25, 0.3) is 0 Å². The lowest BCUT2D eigenvalue weighted by Gasteiger charge is -2.34. The number of aryl methyl sites for hydroxylation is 3. The van der Waals surface area contributed by atoms with E-state index in [-0.39, 0.29) is 10.8 Å². The van der Waals surface area contributed by atoms with Gasteiger partial charge < -0.3 is 9.88 Å². The van der Waals surface area contributed by atoms with E-state index in [1.54, 1.807) is 17.8 Å². The predicted molar refractivity (Wildman–Crippen MR) is 119 cm³/mol. The van der Waals surface area contributed by atoms with E-state index < -0.39 is 9.84 Å². The van der Waals surface area contributed by atoms with Crippen LogP contribution in [0.5, 0.6) is 0 Å². The molecule has 0 saturated carbocycles. The Morgan fingerprint density at radius 1 is 1.13 bits per heavy atom. The third-order valence-electron chi connectivity index (χ3n) is 6.15. The fourth-order valence-electron chi connectivity index (χ4n) is 4.47. The molecule has 2 aromatic carbocycles. The smallest absolute Gasteiger partial charge is 0.197 e. The number of sulfone groups is 1. The van der Waals surface area contributed by atoms with Gasteiger partial charge in [0, 0.05) is 25.2 Å². The minimum absolute atomic E-state index is 0.0710. The maximum absolute atomic E-state index is 12.6. The molecule has 5 nitrogen and oxygen atoms in total. The summed E-state index contributed by atoms with van der Waals surface area (Å²) < 4.78 is 26.9. The van der Waals surface area contributed by atoms with Crippen LogP contribution in [-0.2, 0) is 36.1 Å². The fraction of sp³-hybridized carbons (Fsp3) is 0.375. The molecule has 0 radical (unpaired) electrons. The van der Waals surface area contributed by atoms with E-state index in [4.69, 9.17) is 0 Å². The Kier molecular flexibility index (Phi) is 6.06. The van der Waals surface area contributed by atoms with Gasteiger partial charge in [-0.15, -0.1) is 0 Å². The minimum Gasteiger partial charge on any atom is -0.339 e. The first-order chi connectivity index (χ1) is 14.5. The SMILES string of the molecule is CNC1CCc2ccc(CCS(=O)(=O)c3cn(C)cn3)cc2C1Cc1ccccc1.